The van der Waals surface area contributed by atoms with E-state index in [9.17, 15) is 4.79 Å². The van der Waals surface area contributed by atoms with Crippen LogP contribution in [0.5, 0.6) is 0 Å². The van der Waals surface area contributed by atoms with Crippen LogP contribution in [0.4, 0.5) is 0 Å². The molecule has 0 unspecified atom stereocenters. The van der Waals surface area contributed by atoms with Gasteiger partial charge in [0, 0.05) is 38.1 Å². The number of rotatable bonds is 3. The molecule has 2 heterocycles. The van der Waals surface area contributed by atoms with Crippen molar-refractivity contribution in [3.63, 3.8) is 0 Å². The van der Waals surface area contributed by atoms with Gasteiger partial charge in [-0.3, -0.25) is 9.78 Å². The van der Waals surface area contributed by atoms with Gasteiger partial charge in [0.1, 0.15) is 8.07 Å². The number of aliphatic hydroxyl groups excluding tert-OH is 1. The zero-order valence-corrected chi connectivity index (χ0v) is 30.4. The second-order valence-electron chi connectivity index (χ2n) is 13.5. The number of nitrogens with zero attached hydrogens (tertiary/aromatic N) is 1. The fourth-order valence-corrected chi connectivity index (χ4v) is 10.4. The first-order chi connectivity index (χ1) is 18.5. The van der Waals surface area contributed by atoms with Crippen LogP contribution in [0.3, 0.4) is 0 Å². The van der Waals surface area contributed by atoms with Crippen molar-refractivity contribution >= 4 is 48.3 Å². The second kappa shape index (κ2) is 11.9. The molecular weight excluding hydrogens is 715 g/mol. The van der Waals surface area contributed by atoms with Gasteiger partial charge in [0.2, 0.25) is 0 Å². The van der Waals surface area contributed by atoms with Crippen LogP contribution < -0.4 is 15.6 Å². The molecule has 1 radical (unpaired) electrons. The molecule has 0 bridgehead atoms. The number of fused-ring (bicyclic) bond motifs is 4. The molecule has 41 heavy (non-hydrogen) atoms. The van der Waals surface area contributed by atoms with E-state index in [0.29, 0.717) is 0 Å². The third-order valence-electron chi connectivity index (χ3n) is 7.68. The first-order valence-corrected chi connectivity index (χ1v) is 20.5. The van der Waals surface area contributed by atoms with Crippen LogP contribution >= 0.6 is 0 Å². The van der Waals surface area contributed by atoms with Gasteiger partial charge in [0.15, 0.2) is 5.78 Å². The summed E-state index contributed by atoms with van der Waals surface area (Å²) in [7, 11) is -3.29. The quantitative estimate of drug-likeness (QED) is 0.103. The Hall–Kier alpha value is -2.64. The Morgan fingerprint density at radius 3 is 2.20 bits per heavy atom. The van der Waals surface area contributed by atoms with Crippen molar-refractivity contribution in [2.75, 3.05) is 0 Å². The summed E-state index contributed by atoms with van der Waals surface area (Å²) in [6, 6.07) is 24.3. The van der Waals surface area contributed by atoms with E-state index < -0.39 is 16.1 Å². The maximum absolute atomic E-state index is 10.0. The largest absolute Gasteiger partial charge is 0.512 e. The van der Waals surface area contributed by atoms with Gasteiger partial charge >= 0.3 is 0 Å². The Morgan fingerprint density at radius 2 is 1.63 bits per heavy atom. The Balaban J connectivity index is 0.000000516. The fraction of sp³-hybridized carbons (Fsp3) is 0.314. The molecule has 3 aromatic carbocycles. The van der Waals surface area contributed by atoms with Crippen molar-refractivity contribution in [3.05, 3.63) is 84.3 Å². The minimum atomic E-state index is -1.91. The number of carbonyl (C=O) groups excluding carboxylic acids is 1. The smallest absolute Gasteiger partial charge is 0.155 e. The summed E-state index contributed by atoms with van der Waals surface area (Å²) in [6.45, 7) is 22.1. The van der Waals surface area contributed by atoms with Crippen LogP contribution in [0.25, 0.3) is 33.2 Å². The maximum atomic E-state index is 10.0. The van der Waals surface area contributed by atoms with Gasteiger partial charge in [-0.1, -0.05) is 111 Å². The number of ketones is 1. The van der Waals surface area contributed by atoms with Crippen molar-refractivity contribution in [2.24, 2.45) is 0 Å². The molecule has 0 saturated carbocycles. The van der Waals surface area contributed by atoms with Crippen molar-refractivity contribution in [1.29, 1.82) is 0 Å². The predicted molar refractivity (Wildman–Crippen MR) is 177 cm³/mol. The summed E-state index contributed by atoms with van der Waals surface area (Å²) in [5.74, 6) is -0.0625. The van der Waals surface area contributed by atoms with Crippen LogP contribution in [-0.2, 0) is 30.3 Å². The molecule has 0 aliphatic carbocycles. The molecule has 5 rings (SSSR count). The Labute approximate surface area is 261 Å². The Bertz CT molecular complexity index is 1640. The van der Waals surface area contributed by atoms with Crippen LogP contribution in [0.2, 0.25) is 32.7 Å². The molecule has 0 amide bonds. The fourth-order valence-electron chi connectivity index (χ4n) is 5.69. The van der Waals surface area contributed by atoms with Gasteiger partial charge in [0.05, 0.1) is 13.8 Å². The van der Waals surface area contributed by atoms with Gasteiger partial charge in [-0.2, -0.15) is 0 Å². The monoisotopic (exact) mass is 757 g/mol. The summed E-state index contributed by atoms with van der Waals surface area (Å²) in [5.41, 5.74) is 6.48. The van der Waals surface area contributed by atoms with Crippen molar-refractivity contribution in [2.45, 2.75) is 72.8 Å². The average Bonchev–Trinajstić information content (AvgIpc) is 3.08. The predicted octanol–water partition coefficient (Wildman–Crippen LogP) is 7.38. The van der Waals surface area contributed by atoms with E-state index >= 15 is 0 Å². The minimum absolute atomic E-state index is 0. The van der Waals surface area contributed by atoms with Crippen LogP contribution in [0, 0.1) is 6.07 Å². The summed E-state index contributed by atoms with van der Waals surface area (Å²) in [6.07, 6.45) is 3.17. The summed E-state index contributed by atoms with van der Waals surface area (Å²) in [4.78, 5) is 15.0. The van der Waals surface area contributed by atoms with E-state index in [1.165, 1.54) is 52.6 Å². The first kappa shape index (κ1) is 32.9. The molecular formula is C35H42IrNO2Si2-. The van der Waals surface area contributed by atoms with E-state index in [1.807, 2.05) is 6.20 Å². The van der Waals surface area contributed by atoms with Gasteiger partial charge in [-0.15, -0.1) is 29.1 Å². The van der Waals surface area contributed by atoms with E-state index in [1.54, 1.807) is 10.4 Å². The Kier molecular flexibility index (Phi) is 9.56. The number of pyridine rings is 1. The van der Waals surface area contributed by atoms with Crippen molar-refractivity contribution in [1.82, 2.24) is 4.98 Å². The maximum Gasteiger partial charge on any atom is 0.155 e. The number of aromatic nitrogens is 1. The topological polar surface area (TPSA) is 50.2 Å². The molecule has 4 aromatic rings. The molecule has 1 aliphatic heterocycles. The van der Waals surface area contributed by atoms with Crippen LogP contribution in [-0.4, -0.2) is 32.0 Å². The third-order valence-corrected chi connectivity index (χ3v) is 13.2. The molecule has 0 spiro atoms. The molecule has 0 saturated heterocycles. The molecule has 1 N–H and O–H groups in total. The van der Waals surface area contributed by atoms with Gasteiger partial charge in [0.25, 0.3) is 0 Å². The summed E-state index contributed by atoms with van der Waals surface area (Å²) < 4.78 is 0. The molecule has 0 fully saturated rings. The zero-order chi connectivity index (χ0) is 29.6. The average molecular weight is 757 g/mol. The number of aliphatic hydroxyl groups is 1. The number of benzene rings is 3. The molecule has 6 heteroatoms. The van der Waals surface area contributed by atoms with Gasteiger partial charge < -0.3 is 5.11 Å². The van der Waals surface area contributed by atoms with Gasteiger partial charge in [-0.05, 0) is 41.6 Å². The van der Waals surface area contributed by atoms with E-state index in [0.717, 1.165) is 11.3 Å². The second-order valence-corrected chi connectivity index (χ2v) is 22.9. The van der Waals surface area contributed by atoms with Crippen LogP contribution in [0.1, 0.15) is 40.2 Å². The van der Waals surface area contributed by atoms with Crippen molar-refractivity contribution in [3.8, 4) is 22.4 Å². The number of allylic oxidation sites excluding steroid dienone is 2. The van der Waals surface area contributed by atoms with E-state index in [4.69, 9.17) is 10.1 Å². The zero-order valence-electron chi connectivity index (χ0n) is 26.0. The molecule has 217 valence electrons. The molecule has 1 aromatic heterocycles. The van der Waals surface area contributed by atoms with Gasteiger partial charge in [-0.25, -0.2) is 0 Å². The minimum Gasteiger partial charge on any atom is -0.512 e. The molecule has 0 atom stereocenters. The SMILES string of the molecule is CC(=O)/C=C(/C)O.CC(C)(C)c1cc(-c2nccc3c2[Si](C)(C)c2cc([Si](C)(C)C)ccc2-3)[c-]c2ccccc12.[Ir]. The van der Waals surface area contributed by atoms with Crippen LogP contribution in [0.15, 0.2) is 72.6 Å². The number of carbonyl (C=O) groups is 1. The standard InChI is InChI=1S/C30H34NSi2.C5H8O2.Ir/c1-30(2,3)26-18-21(17-20-11-9-10-12-23(20)26)28-29-25(15-16-31-28)24-14-13-22(32(4,5)6)19-27(24)33(29,7)8;1-4(6)3-5(2)7;/h9-16,18-19H,1-8H3;3,6H,1-2H3;/q-1;;/b;4-3-;. The molecule has 1 aliphatic rings. The normalized spacial score (nSPS) is 14.0. The summed E-state index contributed by atoms with van der Waals surface area (Å²) >= 11 is 0. The van der Waals surface area contributed by atoms with E-state index in [2.05, 4.69) is 114 Å². The number of hydrogen-bond acceptors (Lipinski definition) is 3. The third kappa shape index (κ3) is 6.72. The Morgan fingerprint density at radius 1 is 0.976 bits per heavy atom. The number of hydrogen-bond donors (Lipinski definition) is 1. The summed E-state index contributed by atoms with van der Waals surface area (Å²) in [5, 5.41) is 15.4. The van der Waals surface area contributed by atoms with E-state index in [-0.39, 0.29) is 37.1 Å². The van der Waals surface area contributed by atoms with Crippen molar-refractivity contribution < 1.29 is 30.0 Å². The first-order valence-electron chi connectivity index (χ1n) is 14.0. The molecule has 3 nitrogen and oxygen atoms in total.